The van der Waals surface area contributed by atoms with E-state index in [2.05, 4.69) is 5.32 Å². The van der Waals surface area contributed by atoms with E-state index in [4.69, 9.17) is 0 Å². The summed E-state index contributed by atoms with van der Waals surface area (Å²) in [4.78, 5) is 13.9. The zero-order valence-electron chi connectivity index (χ0n) is 11.0. The van der Waals surface area contributed by atoms with Gasteiger partial charge in [-0.25, -0.2) is 8.78 Å². The number of hydrogen-bond donors (Lipinski definition) is 1. The molecule has 19 heavy (non-hydrogen) atoms. The van der Waals surface area contributed by atoms with Crippen molar-refractivity contribution >= 4 is 5.91 Å². The van der Waals surface area contributed by atoms with Gasteiger partial charge in [-0.2, -0.15) is 0 Å². The first-order valence-electron chi connectivity index (χ1n) is 6.56. The minimum Gasteiger partial charge on any atom is -0.338 e. The van der Waals surface area contributed by atoms with Crippen molar-refractivity contribution in [3.8, 4) is 0 Å². The van der Waals surface area contributed by atoms with Crippen LogP contribution in [-0.2, 0) is 11.2 Å². The van der Waals surface area contributed by atoms with Gasteiger partial charge < -0.3 is 10.2 Å². The maximum absolute atomic E-state index is 13.5. The molecule has 1 aromatic rings. The number of carbonyl (C=O) groups excluding carboxylic acids is 1. The summed E-state index contributed by atoms with van der Waals surface area (Å²) in [6.07, 6.45) is 0.819. The highest BCUT2D eigenvalue weighted by Gasteiger charge is 2.25. The molecule has 1 heterocycles. The zero-order valence-corrected chi connectivity index (χ0v) is 11.0. The molecular formula is C14H18F2N2O. The van der Waals surface area contributed by atoms with Gasteiger partial charge in [0.1, 0.15) is 0 Å². The molecule has 1 unspecified atom stereocenters. The number of likely N-dealkylation sites (N-methyl/N-ethyl adjacent to an activating group) is 1. The monoisotopic (exact) mass is 268 g/mol. The Bertz CT molecular complexity index is 459. The first-order chi connectivity index (χ1) is 9.13. The van der Waals surface area contributed by atoms with Crippen LogP contribution in [0.15, 0.2) is 18.2 Å². The molecule has 0 aliphatic carbocycles. The fourth-order valence-electron chi connectivity index (χ4n) is 2.49. The molecule has 1 amide bonds. The molecule has 104 valence electrons. The highest BCUT2D eigenvalue weighted by Crippen LogP contribution is 2.15. The van der Waals surface area contributed by atoms with Crippen molar-refractivity contribution in [3.63, 3.8) is 0 Å². The Balaban J connectivity index is 2.08. The molecule has 0 saturated carbocycles. The number of nitrogens with zero attached hydrogens (tertiary/aromatic N) is 1. The number of carbonyl (C=O) groups is 1. The number of rotatable bonds is 4. The minimum absolute atomic E-state index is 0.0894. The predicted molar refractivity (Wildman–Crippen MR) is 68.7 cm³/mol. The normalized spacial score (nSPS) is 18.6. The van der Waals surface area contributed by atoms with Gasteiger partial charge in [0, 0.05) is 24.7 Å². The van der Waals surface area contributed by atoms with Gasteiger partial charge in [-0.1, -0.05) is 12.1 Å². The number of hydrogen-bond acceptors (Lipinski definition) is 2. The van der Waals surface area contributed by atoms with Crippen molar-refractivity contribution < 1.29 is 13.6 Å². The Kier molecular flexibility index (Phi) is 4.47. The SMILES string of the molecule is CCN(C(=O)Cc1cccc(F)c1F)C1CCNC1. The summed E-state index contributed by atoms with van der Waals surface area (Å²) in [5.41, 5.74) is 0.120. The molecule has 1 saturated heterocycles. The minimum atomic E-state index is -0.920. The second-order valence-corrected chi connectivity index (χ2v) is 4.72. The Morgan fingerprint density at radius 1 is 1.47 bits per heavy atom. The Hall–Kier alpha value is -1.49. The highest BCUT2D eigenvalue weighted by atomic mass is 19.2. The van der Waals surface area contributed by atoms with Crippen LogP contribution in [0.3, 0.4) is 0 Å². The fraction of sp³-hybridized carbons (Fsp3) is 0.500. The largest absolute Gasteiger partial charge is 0.338 e. The van der Waals surface area contributed by atoms with Gasteiger partial charge in [0.2, 0.25) is 5.91 Å². The van der Waals surface area contributed by atoms with E-state index in [1.807, 2.05) is 6.92 Å². The zero-order chi connectivity index (χ0) is 13.8. The van der Waals surface area contributed by atoms with Gasteiger partial charge >= 0.3 is 0 Å². The third kappa shape index (κ3) is 3.10. The lowest BCUT2D eigenvalue weighted by Crippen LogP contribution is -2.42. The number of amides is 1. The summed E-state index contributed by atoms with van der Waals surface area (Å²) in [6.45, 7) is 4.15. The first kappa shape index (κ1) is 13.9. The molecule has 1 atom stereocenters. The standard InChI is InChI=1S/C14H18F2N2O/c1-2-18(11-6-7-17-9-11)13(19)8-10-4-3-5-12(15)14(10)16/h3-5,11,17H,2,6-9H2,1H3. The molecule has 2 rings (SSSR count). The molecule has 1 aliphatic rings. The molecule has 0 spiro atoms. The molecular weight excluding hydrogens is 250 g/mol. The van der Waals surface area contributed by atoms with E-state index in [1.54, 1.807) is 4.90 Å². The molecule has 0 bridgehead atoms. The summed E-state index contributed by atoms with van der Waals surface area (Å²) in [7, 11) is 0. The molecule has 1 aromatic carbocycles. The van der Waals surface area contributed by atoms with Gasteiger partial charge in [-0.05, 0) is 26.0 Å². The van der Waals surface area contributed by atoms with Crippen LogP contribution < -0.4 is 5.32 Å². The quantitative estimate of drug-likeness (QED) is 0.901. The fourth-order valence-corrected chi connectivity index (χ4v) is 2.49. The van der Waals surface area contributed by atoms with Crippen LogP contribution in [0.1, 0.15) is 18.9 Å². The Morgan fingerprint density at radius 2 is 2.26 bits per heavy atom. The van der Waals surface area contributed by atoms with Crippen molar-refractivity contribution in [1.82, 2.24) is 10.2 Å². The predicted octanol–water partition coefficient (Wildman–Crippen LogP) is 1.72. The van der Waals surface area contributed by atoms with E-state index in [-0.39, 0.29) is 23.9 Å². The van der Waals surface area contributed by atoms with Gasteiger partial charge in [-0.15, -0.1) is 0 Å². The summed E-state index contributed by atoms with van der Waals surface area (Å²) in [5, 5.41) is 3.20. The first-order valence-corrected chi connectivity index (χ1v) is 6.56. The van der Waals surface area contributed by atoms with Crippen molar-refractivity contribution in [3.05, 3.63) is 35.4 Å². The Labute approximate surface area is 111 Å². The van der Waals surface area contributed by atoms with E-state index in [1.165, 1.54) is 12.1 Å². The van der Waals surface area contributed by atoms with Crippen molar-refractivity contribution in [2.24, 2.45) is 0 Å². The number of halogens is 2. The van der Waals surface area contributed by atoms with Crippen LogP contribution in [0.2, 0.25) is 0 Å². The third-order valence-corrected chi connectivity index (χ3v) is 3.51. The average Bonchev–Trinajstić information content (AvgIpc) is 2.90. The topological polar surface area (TPSA) is 32.3 Å². The van der Waals surface area contributed by atoms with E-state index in [9.17, 15) is 13.6 Å². The van der Waals surface area contributed by atoms with Gasteiger partial charge in [0.05, 0.1) is 6.42 Å². The molecule has 1 aliphatic heterocycles. The summed E-state index contributed by atoms with van der Waals surface area (Å²) >= 11 is 0. The number of benzene rings is 1. The van der Waals surface area contributed by atoms with E-state index < -0.39 is 11.6 Å². The van der Waals surface area contributed by atoms with Crippen LogP contribution >= 0.6 is 0 Å². The second kappa shape index (κ2) is 6.10. The highest BCUT2D eigenvalue weighted by molar-refractivity contribution is 5.79. The lowest BCUT2D eigenvalue weighted by atomic mass is 10.1. The van der Waals surface area contributed by atoms with E-state index in [0.29, 0.717) is 6.54 Å². The van der Waals surface area contributed by atoms with E-state index >= 15 is 0 Å². The van der Waals surface area contributed by atoms with Gasteiger partial charge in [-0.3, -0.25) is 4.79 Å². The van der Waals surface area contributed by atoms with Crippen molar-refractivity contribution in [2.45, 2.75) is 25.8 Å². The smallest absolute Gasteiger partial charge is 0.227 e. The summed E-state index contributed by atoms with van der Waals surface area (Å²) in [6, 6.07) is 4.10. The van der Waals surface area contributed by atoms with E-state index in [0.717, 1.165) is 25.6 Å². The molecule has 3 nitrogen and oxygen atoms in total. The van der Waals surface area contributed by atoms with Crippen LogP contribution in [0, 0.1) is 11.6 Å². The summed E-state index contributed by atoms with van der Waals surface area (Å²) < 4.78 is 26.7. The van der Waals surface area contributed by atoms with Crippen LogP contribution in [0.5, 0.6) is 0 Å². The molecule has 0 radical (unpaired) electrons. The van der Waals surface area contributed by atoms with Crippen LogP contribution in [-0.4, -0.2) is 36.5 Å². The molecule has 5 heteroatoms. The van der Waals surface area contributed by atoms with Crippen LogP contribution in [0.4, 0.5) is 8.78 Å². The molecule has 0 aromatic heterocycles. The average molecular weight is 268 g/mol. The molecule has 1 fully saturated rings. The lowest BCUT2D eigenvalue weighted by Gasteiger charge is -2.27. The maximum atomic E-state index is 13.5. The summed E-state index contributed by atoms with van der Waals surface area (Å²) in [5.74, 6) is -1.98. The lowest BCUT2D eigenvalue weighted by molar-refractivity contribution is -0.132. The van der Waals surface area contributed by atoms with Gasteiger partial charge in [0.25, 0.3) is 0 Å². The van der Waals surface area contributed by atoms with Crippen LogP contribution in [0.25, 0.3) is 0 Å². The molecule has 1 N–H and O–H groups in total. The third-order valence-electron chi connectivity index (χ3n) is 3.51. The van der Waals surface area contributed by atoms with Gasteiger partial charge in [0.15, 0.2) is 11.6 Å². The Morgan fingerprint density at radius 3 is 2.89 bits per heavy atom. The second-order valence-electron chi connectivity index (χ2n) is 4.72. The van der Waals surface area contributed by atoms with Crippen molar-refractivity contribution in [2.75, 3.05) is 19.6 Å². The maximum Gasteiger partial charge on any atom is 0.227 e. The number of nitrogens with one attached hydrogen (secondary N) is 1. The van der Waals surface area contributed by atoms with Crippen molar-refractivity contribution in [1.29, 1.82) is 0 Å².